The summed E-state index contributed by atoms with van der Waals surface area (Å²) >= 11 is 0. The normalized spacial score (nSPS) is 11.4. The van der Waals surface area contributed by atoms with Gasteiger partial charge in [-0.1, -0.05) is 90.9 Å². The van der Waals surface area contributed by atoms with Gasteiger partial charge in [-0.3, -0.25) is 10.8 Å². The molecule has 35 heavy (non-hydrogen) atoms. The SMILES string of the molecule is CCc1ccc(NC(=N)C(=N)Nc2cc(-c3ccccc3C(C)C)c(CC)cc2C(C)(C)C)cc1. The Kier molecular flexibility index (Phi) is 8.16. The average molecular weight is 469 g/mol. The molecule has 3 rings (SSSR count). The topological polar surface area (TPSA) is 71.8 Å². The number of benzene rings is 3. The van der Waals surface area contributed by atoms with Gasteiger partial charge in [-0.2, -0.15) is 0 Å². The van der Waals surface area contributed by atoms with Crippen molar-refractivity contribution in [1.82, 2.24) is 0 Å². The minimum Gasteiger partial charge on any atom is -0.338 e. The Morgan fingerprint density at radius 1 is 0.800 bits per heavy atom. The minimum atomic E-state index is -0.117. The van der Waals surface area contributed by atoms with Crippen LogP contribution in [0.15, 0.2) is 60.7 Å². The summed E-state index contributed by atoms with van der Waals surface area (Å²) in [7, 11) is 0. The Morgan fingerprint density at radius 3 is 2.00 bits per heavy atom. The van der Waals surface area contributed by atoms with Crippen LogP contribution in [0.5, 0.6) is 0 Å². The van der Waals surface area contributed by atoms with Crippen molar-refractivity contribution in [3.05, 3.63) is 82.9 Å². The molecule has 0 atom stereocenters. The zero-order valence-corrected chi connectivity index (χ0v) is 22.3. The molecule has 0 spiro atoms. The molecule has 4 N–H and O–H groups in total. The van der Waals surface area contributed by atoms with Gasteiger partial charge in [0, 0.05) is 11.4 Å². The van der Waals surface area contributed by atoms with Gasteiger partial charge in [0.1, 0.15) is 0 Å². The molecule has 0 amide bonds. The first-order chi connectivity index (χ1) is 16.5. The van der Waals surface area contributed by atoms with Gasteiger partial charge < -0.3 is 10.6 Å². The fourth-order valence-corrected chi connectivity index (χ4v) is 4.39. The number of hydrogen-bond acceptors (Lipinski definition) is 2. The molecule has 0 radical (unpaired) electrons. The largest absolute Gasteiger partial charge is 0.338 e. The molecule has 0 aliphatic heterocycles. The van der Waals surface area contributed by atoms with Crippen molar-refractivity contribution in [2.45, 2.75) is 72.6 Å². The van der Waals surface area contributed by atoms with Crippen LogP contribution in [-0.2, 0) is 18.3 Å². The zero-order valence-electron chi connectivity index (χ0n) is 22.3. The Labute approximate surface area is 211 Å². The lowest BCUT2D eigenvalue weighted by Crippen LogP contribution is -2.29. The molecule has 3 aromatic rings. The summed E-state index contributed by atoms with van der Waals surface area (Å²) in [5.74, 6) is 0.490. The van der Waals surface area contributed by atoms with Crippen molar-refractivity contribution in [1.29, 1.82) is 10.8 Å². The fraction of sp³-hybridized carbons (Fsp3) is 0.355. The first-order valence-electron chi connectivity index (χ1n) is 12.6. The van der Waals surface area contributed by atoms with Crippen molar-refractivity contribution >= 4 is 23.0 Å². The Balaban J connectivity index is 2.00. The lowest BCUT2D eigenvalue weighted by atomic mass is 9.81. The van der Waals surface area contributed by atoms with E-state index >= 15 is 0 Å². The highest BCUT2D eigenvalue weighted by Gasteiger charge is 2.23. The molecule has 4 nitrogen and oxygen atoms in total. The molecule has 0 fully saturated rings. The third-order valence-electron chi connectivity index (χ3n) is 6.45. The molecule has 0 bridgehead atoms. The van der Waals surface area contributed by atoms with E-state index in [0.717, 1.165) is 29.8 Å². The van der Waals surface area contributed by atoms with Crippen molar-refractivity contribution < 1.29 is 0 Å². The van der Waals surface area contributed by atoms with Gasteiger partial charge in [-0.05, 0) is 75.8 Å². The molecule has 0 aromatic heterocycles. The summed E-state index contributed by atoms with van der Waals surface area (Å²) in [5, 5.41) is 23.5. The number of amidine groups is 2. The van der Waals surface area contributed by atoms with Crippen LogP contribution in [0, 0.1) is 10.8 Å². The molecule has 184 valence electrons. The lowest BCUT2D eigenvalue weighted by Gasteiger charge is -2.27. The summed E-state index contributed by atoms with van der Waals surface area (Å²) in [6.07, 6.45) is 1.90. The fourth-order valence-electron chi connectivity index (χ4n) is 4.39. The van der Waals surface area contributed by atoms with Crippen LogP contribution in [-0.4, -0.2) is 11.7 Å². The maximum absolute atomic E-state index is 8.65. The maximum Gasteiger partial charge on any atom is 0.165 e. The molecule has 0 saturated heterocycles. The summed E-state index contributed by atoms with van der Waals surface area (Å²) in [5.41, 5.74) is 8.99. The zero-order chi connectivity index (χ0) is 25.8. The molecular formula is C31H40N4. The molecule has 0 unspecified atom stereocenters. The van der Waals surface area contributed by atoms with E-state index in [2.05, 4.69) is 95.5 Å². The standard InChI is InChI=1S/C31H40N4/c1-8-21-14-16-23(17-15-21)34-29(32)30(33)35-28-19-26(22(9-2)18-27(28)31(5,6)7)25-13-11-10-12-24(25)20(3)4/h10-20H,8-9H2,1-7H3,(H2,32,34)(H2,33,35). The van der Waals surface area contributed by atoms with Gasteiger partial charge in [-0.15, -0.1) is 0 Å². The highest BCUT2D eigenvalue weighted by molar-refractivity contribution is 6.46. The van der Waals surface area contributed by atoms with E-state index in [0.29, 0.717) is 5.92 Å². The van der Waals surface area contributed by atoms with Crippen molar-refractivity contribution in [2.24, 2.45) is 0 Å². The Hall–Kier alpha value is -3.40. The minimum absolute atomic E-state index is 0.0396. The van der Waals surface area contributed by atoms with Crippen LogP contribution in [0.1, 0.15) is 76.6 Å². The van der Waals surface area contributed by atoms with Crippen LogP contribution in [0.3, 0.4) is 0 Å². The van der Waals surface area contributed by atoms with E-state index in [1.165, 1.54) is 27.8 Å². The molecule has 0 aliphatic rings. The summed E-state index contributed by atoms with van der Waals surface area (Å²) in [6.45, 7) is 15.3. The number of rotatable bonds is 6. The molecule has 0 heterocycles. The lowest BCUT2D eigenvalue weighted by molar-refractivity contribution is 0.591. The Bertz CT molecular complexity index is 1200. The van der Waals surface area contributed by atoms with Crippen LogP contribution in [0.2, 0.25) is 0 Å². The number of anilines is 2. The quantitative estimate of drug-likeness (QED) is 0.217. The van der Waals surface area contributed by atoms with Gasteiger partial charge in [0.15, 0.2) is 11.7 Å². The van der Waals surface area contributed by atoms with Crippen LogP contribution in [0.4, 0.5) is 11.4 Å². The first-order valence-corrected chi connectivity index (χ1v) is 12.6. The van der Waals surface area contributed by atoms with E-state index < -0.39 is 0 Å². The van der Waals surface area contributed by atoms with Gasteiger partial charge in [0.25, 0.3) is 0 Å². The van der Waals surface area contributed by atoms with E-state index in [4.69, 9.17) is 10.8 Å². The number of nitrogens with one attached hydrogen (secondary N) is 4. The van der Waals surface area contributed by atoms with Gasteiger partial charge >= 0.3 is 0 Å². The van der Waals surface area contributed by atoms with E-state index in [9.17, 15) is 0 Å². The van der Waals surface area contributed by atoms with Crippen LogP contribution >= 0.6 is 0 Å². The second-order valence-corrected chi connectivity index (χ2v) is 10.5. The second-order valence-electron chi connectivity index (χ2n) is 10.5. The maximum atomic E-state index is 8.65. The second kappa shape index (κ2) is 10.9. The van der Waals surface area contributed by atoms with Crippen LogP contribution in [0.25, 0.3) is 11.1 Å². The van der Waals surface area contributed by atoms with E-state index in [1.54, 1.807) is 0 Å². The molecule has 0 saturated carbocycles. The van der Waals surface area contributed by atoms with Crippen LogP contribution < -0.4 is 10.6 Å². The predicted octanol–water partition coefficient (Wildman–Crippen LogP) is 8.38. The summed E-state index contributed by atoms with van der Waals surface area (Å²) in [4.78, 5) is 0. The third kappa shape index (κ3) is 6.19. The average Bonchev–Trinajstić information content (AvgIpc) is 2.83. The predicted molar refractivity (Wildman–Crippen MR) is 153 cm³/mol. The monoisotopic (exact) mass is 468 g/mol. The van der Waals surface area contributed by atoms with Crippen molar-refractivity contribution in [3.63, 3.8) is 0 Å². The van der Waals surface area contributed by atoms with E-state index in [1.807, 2.05) is 24.3 Å². The summed E-state index contributed by atoms with van der Waals surface area (Å²) in [6, 6.07) is 21.1. The highest BCUT2D eigenvalue weighted by atomic mass is 15.1. The first kappa shape index (κ1) is 26.2. The molecule has 3 aromatic carbocycles. The molecular weight excluding hydrogens is 428 g/mol. The van der Waals surface area contributed by atoms with Gasteiger partial charge in [0.2, 0.25) is 0 Å². The number of aryl methyl sites for hydroxylation is 2. The van der Waals surface area contributed by atoms with Gasteiger partial charge in [-0.25, -0.2) is 0 Å². The van der Waals surface area contributed by atoms with Crippen molar-refractivity contribution in [3.8, 4) is 11.1 Å². The summed E-state index contributed by atoms with van der Waals surface area (Å²) < 4.78 is 0. The third-order valence-corrected chi connectivity index (χ3v) is 6.45. The molecule has 4 heteroatoms. The van der Waals surface area contributed by atoms with Crippen molar-refractivity contribution in [2.75, 3.05) is 10.6 Å². The number of hydrogen-bond donors (Lipinski definition) is 4. The smallest absolute Gasteiger partial charge is 0.165 e. The van der Waals surface area contributed by atoms with E-state index in [-0.39, 0.29) is 17.1 Å². The Morgan fingerprint density at radius 2 is 1.43 bits per heavy atom. The van der Waals surface area contributed by atoms with Gasteiger partial charge in [0.05, 0.1) is 0 Å². The highest BCUT2D eigenvalue weighted by Crippen LogP contribution is 2.39. The molecule has 0 aliphatic carbocycles.